The number of carbonyl (C=O) groups is 4. The molecule has 7 heteroatoms. The van der Waals surface area contributed by atoms with E-state index in [1.54, 1.807) is 29.2 Å². The maximum absolute atomic E-state index is 12.9. The first-order valence-electron chi connectivity index (χ1n) is 10.2. The molecule has 0 aliphatic carbocycles. The van der Waals surface area contributed by atoms with Gasteiger partial charge in [0.15, 0.2) is 0 Å². The third-order valence-corrected chi connectivity index (χ3v) is 5.48. The van der Waals surface area contributed by atoms with Gasteiger partial charge in [0.05, 0.1) is 22.5 Å². The van der Waals surface area contributed by atoms with Crippen molar-refractivity contribution in [2.24, 2.45) is 0 Å². The first-order valence-corrected chi connectivity index (χ1v) is 10.2. The van der Waals surface area contributed by atoms with Crippen molar-refractivity contribution in [1.29, 1.82) is 0 Å². The summed E-state index contributed by atoms with van der Waals surface area (Å²) >= 11 is 0. The summed E-state index contributed by atoms with van der Waals surface area (Å²) in [7, 11) is 0. The fourth-order valence-electron chi connectivity index (χ4n) is 3.86. The Labute approximate surface area is 174 Å². The Morgan fingerprint density at radius 1 is 1.03 bits per heavy atom. The molecule has 0 saturated carbocycles. The van der Waals surface area contributed by atoms with Crippen molar-refractivity contribution in [3.63, 3.8) is 0 Å². The van der Waals surface area contributed by atoms with E-state index >= 15 is 0 Å². The first kappa shape index (κ1) is 19.8. The van der Waals surface area contributed by atoms with Crippen LogP contribution in [0.2, 0.25) is 0 Å². The quantitative estimate of drug-likeness (QED) is 0.746. The number of imide groups is 1. The summed E-state index contributed by atoms with van der Waals surface area (Å²) in [5.74, 6) is -1.04. The number of carbonyl (C=O) groups excluding carboxylic acids is 4. The van der Waals surface area contributed by atoms with E-state index in [1.165, 1.54) is 17.0 Å². The predicted molar refractivity (Wildman–Crippen MR) is 113 cm³/mol. The monoisotopic (exact) mass is 405 g/mol. The molecule has 2 aromatic carbocycles. The molecule has 0 aromatic heterocycles. The van der Waals surface area contributed by atoms with E-state index < -0.39 is 5.91 Å². The van der Waals surface area contributed by atoms with Gasteiger partial charge in [-0.3, -0.25) is 24.1 Å². The fraction of sp³-hybridized carbons (Fsp3) is 0.304. The van der Waals surface area contributed by atoms with E-state index in [1.807, 2.05) is 13.0 Å². The molecule has 30 heavy (non-hydrogen) atoms. The number of fused-ring (bicyclic) bond motifs is 1. The summed E-state index contributed by atoms with van der Waals surface area (Å²) in [5, 5.41) is 2.84. The zero-order valence-corrected chi connectivity index (χ0v) is 16.8. The lowest BCUT2D eigenvalue weighted by molar-refractivity contribution is -0.117. The highest BCUT2D eigenvalue weighted by Gasteiger charge is 2.35. The van der Waals surface area contributed by atoms with Crippen LogP contribution in [-0.4, -0.2) is 41.6 Å². The highest BCUT2D eigenvalue weighted by molar-refractivity contribution is 6.22. The minimum absolute atomic E-state index is 0.0329. The smallest absolute Gasteiger partial charge is 0.261 e. The van der Waals surface area contributed by atoms with Crippen LogP contribution in [0.4, 0.5) is 11.4 Å². The van der Waals surface area contributed by atoms with Crippen molar-refractivity contribution in [1.82, 2.24) is 4.90 Å². The molecule has 4 amide bonds. The van der Waals surface area contributed by atoms with Gasteiger partial charge in [0.1, 0.15) is 0 Å². The molecule has 0 unspecified atom stereocenters. The highest BCUT2D eigenvalue weighted by Crippen LogP contribution is 2.30. The molecule has 0 atom stereocenters. The average Bonchev–Trinajstić information content (AvgIpc) is 3.28. The van der Waals surface area contributed by atoms with Crippen LogP contribution in [-0.2, 0) is 4.79 Å². The second-order valence-electron chi connectivity index (χ2n) is 7.50. The lowest BCUT2D eigenvalue weighted by atomic mass is 10.1. The number of rotatable bonds is 6. The van der Waals surface area contributed by atoms with Gasteiger partial charge in [0, 0.05) is 25.1 Å². The van der Waals surface area contributed by atoms with Crippen LogP contribution in [0.25, 0.3) is 0 Å². The lowest BCUT2D eigenvalue weighted by Crippen LogP contribution is -2.30. The van der Waals surface area contributed by atoms with Crippen LogP contribution in [0.1, 0.15) is 63.7 Å². The molecule has 0 bridgehead atoms. The Hall–Kier alpha value is -3.48. The summed E-state index contributed by atoms with van der Waals surface area (Å²) in [6, 6.07) is 11.7. The number of nitrogens with zero attached hydrogens (tertiary/aromatic N) is 2. The Bertz CT molecular complexity index is 1050. The van der Waals surface area contributed by atoms with Crippen LogP contribution in [0.5, 0.6) is 0 Å². The molecule has 4 rings (SSSR count). The van der Waals surface area contributed by atoms with Crippen molar-refractivity contribution in [2.45, 2.75) is 32.6 Å². The summed E-state index contributed by atoms with van der Waals surface area (Å²) < 4.78 is 0. The third-order valence-electron chi connectivity index (χ3n) is 5.48. The van der Waals surface area contributed by atoms with Crippen molar-refractivity contribution in [3.05, 3.63) is 59.2 Å². The molecular formula is C23H23N3O4. The SMILES string of the molecule is CCCCN1C(=O)c2ccc(C(=O)Nc3ccccc3N3CCCC3=O)cc2C1=O. The molecule has 2 aliphatic rings. The minimum Gasteiger partial charge on any atom is -0.320 e. The van der Waals surface area contributed by atoms with E-state index in [-0.39, 0.29) is 28.8 Å². The van der Waals surface area contributed by atoms with E-state index in [2.05, 4.69) is 5.32 Å². The number of hydrogen-bond donors (Lipinski definition) is 1. The van der Waals surface area contributed by atoms with Gasteiger partial charge in [-0.1, -0.05) is 25.5 Å². The molecule has 1 fully saturated rings. The van der Waals surface area contributed by atoms with Crippen molar-refractivity contribution in [3.8, 4) is 0 Å². The van der Waals surface area contributed by atoms with Gasteiger partial charge in [-0.05, 0) is 43.2 Å². The Kier molecular flexibility index (Phi) is 5.35. The Morgan fingerprint density at radius 2 is 1.80 bits per heavy atom. The van der Waals surface area contributed by atoms with Crippen LogP contribution >= 0.6 is 0 Å². The maximum Gasteiger partial charge on any atom is 0.261 e. The first-order chi connectivity index (χ1) is 14.5. The van der Waals surface area contributed by atoms with Gasteiger partial charge >= 0.3 is 0 Å². The summed E-state index contributed by atoms with van der Waals surface area (Å²) in [6.07, 6.45) is 2.90. The topological polar surface area (TPSA) is 86.8 Å². The zero-order chi connectivity index (χ0) is 21.3. The number of benzene rings is 2. The number of nitrogens with one attached hydrogen (secondary N) is 1. The fourth-order valence-corrected chi connectivity index (χ4v) is 3.86. The van der Waals surface area contributed by atoms with Gasteiger partial charge in [-0.2, -0.15) is 0 Å². The van der Waals surface area contributed by atoms with Gasteiger partial charge in [-0.15, -0.1) is 0 Å². The molecule has 2 aromatic rings. The molecule has 1 saturated heterocycles. The molecular weight excluding hydrogens is 382 g/mol. The normalized spacial score (nSPS) is 15.7. The minimum atomic E-state index is -0.399. The molecule has 154 valence electrons. The summed E-state index contributed by atoms with van der Waals surface area (Å²) in [5.41, 5.74) is 2.06. The highest BCUT2D eigenvalue weighted by atomic mass is 16.2. The lowest BCUT2D eigenvalue weighted by Gasteiger charge is -2.20. The van der Waals surface area contributed by atoms with Crippen LogP contribution in [0.3, 0.4) is 0 Å². The second-order valence-corrected chi connectivity index (χ2v) is 7.50. The zero-order valence-electron chi connectivity index (χ0n) is 16.8. The molecule has 1 N–H and O–H groups in total. The van der Waals surface area contributed by atoms with Gasteiger partial charge < -0.3 is 10.2 Å². The van der Waals surface area contributed by atoms with Gasteiger partial charge in [-0.25, -0.2) is 0 Å². The Balaban J connectivity index is 1.57. The average molecular weight is 405 g/mol. The Morgan fingerprint density at radius 3 is 2.53 bits per heavy atom. The van der Waals surface area contributed by atoms with Crippen LogP contribution in [0, 0.1) is 0 Å². The number of hydrogen-bond acceptors (Lipinski definition) is 4. The van der Waals surface area contributed by atoms with Crippen LogP contribution < -0.4 is 10.2 Å². The van der Waals surface area contributed by atoms with Crippen molar-refractivity contribution >= 4 is 35.0 Å². The van der Waals surface area contributed by atoms with E-state index in [9.17, 15) is 19.2 Å². The van der Waals surface area contributed by atoms with Crippen molar-refractivity contribution < 1.29 is 19.2 Å². The largest absolute Gasteiger partial charge is 0.320 e. The van der Waals surface area contributed by atoms with Gasteiger partial charge in [0.2, 0.25) is 5.91 Å². The molecule has 7 nitrogen and oxygen atoms in total. The number of amides is 4. The van der Waals surface area contributed by atoms with Crippen LogP contribution in [0.15, 0.2) is 42.5 Å². The molecule has 0 radical (unpaired) electrons. The number of anilines is 2. The van der Waals surface area contributed by atoms with Gasteiger partial charge in [0.25, 0.3) is 17.7 Å². The second kappa shape index (κ2) is 8.10. The van der Waals surface area contributed by atoms with Crippen molar-refractivity contribution in [2.75, 3.05) is 23.3 Å². The predicted octanol–water partition coefficient (Wildman–Crippen LogP) is 3.46. The molecule has 0 spiro atoms. The third kappa shape index (κ3) is 3.47. The van der Waals surface area contributed by atoms with E-state index in [0.29, 0.717) is 36.4 Å². The van der Waals surface area contributed by atoms with E-state index in [0.717, 1.165) is 19.3 Å². The summed E-state index contributed by atoms with van der Waals surface area (Å²) in [6.45, 7) is 2.99. The number of unbranched alkanes of at least 4 members (excludes halogenated alkanes) is 1. The number of para-hydroxylation sites is 2. The summed E-state index contributed by atoms with van der Waals surface area (Å²) in [4.78, 5) is 53.0. The van der Waals surface area contributed by atoms with E-state index in [4.69, 9.17) is 0 Å². The molecule has 2 heterocycles. The standard InChI is InChI=1S/C23H23N3O4/c1-2-3-12-26-22(29)16-11-10-15(14-17(16)23(26)30)21(28)24-18-7-4-5-8-19(18)25-13-6-9-20(25)27/h4-5,7-8,10-11,14H,2-3,6,9,12-13H2,1H3,(H,24,28). The maximum atomic E-state index is 12.9. The molecule has 2 aliphatic heterocycles.